The highest BCUT2D eigenvalue weighted by atomic mass is 16.8. The number of carbonyl (C=O) groups is 1. The van der Waals surface area contributed by atoms with E-state index < -0.39 is 176 Å². The molecule has 9 aliphatic rings. The zero-order valence-corrected chi connectivity index (χ0v) is 45.4. The van der Waals surface area contributed by atoms with Gasteiger partial charge in [0.25, 0.3) is 0 Å². The maximum absolute atomic E-state index is 14.5. The molecule has 28 atom stereocenters. The van der Waals surface area contributed by atoms with Crippen LogP contribution in [0.3, 0.4) is 0 Å². The van der Waals surface area contributed by atoms with Gasteiger partial charge >= 0.3 is 5.97 Å². The van der Waals surface area contributed by atoms with Crippen molar-refractivity contribution in [3.63, 3.8) is 0 Å². The molecule has 11 N–H and O–H groups in total. The summed E-state index contributed by atoms with van der Waals surface area (Å²) in [6, 6.07) is 0. The lowest BCUT2D eigenvalue weighted by Gasteiger charge is -2.64. The maximum Gasteiger partial charge on any atom is 0.316 e. The molecule has 5 saturated heterocycles. The summed E-state index contributed by atoms with van der Waals surface area (Å²) in [4.78, 5) is 14.5. The number of ether oxygens (including phenoxy) is 10. The Morgan fingerprint density at radius 1 is 0.658 bits per heavy atom. The second kappa shape index (κ2) is 22.0. The molecule has 76 heavy (non-hydrogen) atoms. The van der Waals surface area contributed by atoms with Crippen LogP contribution in [0, 0.1) is 45.3 Å². The van der Waals surface area contributed by atoms with E-state index >= 15 is 0 Å². The van der Waals surface area contributed by atoms with Gasteiger partial charge in [-0.05, 0) is 99.2 Å². The molecule has 22 heteroatoms. The number of esters is 1. The van der Waals surface area contributed by atoms with E-state index in [0.29, 0.717) is 18.8 Å². The van der Waals surface area contributed by atoms with E-state index in [1.54, 1.807) is 0 Å². The van der Waals surface area contributed by atoms with Gasteiger partial charge in [0.15, 0.2) is 25.2 Å². The average molecular weight is 1090 g/mol. The van der Waals surface area contributed by atoms with Crippen molar-refractivity contribution >= 4 is 5.97 Å². The van der Waals surface area contributed by atoms with Crippen molar-refractivity contribution in [2.75, 3.05) is 26.9 Å². The van der Waals surface area contributed by atoms with Gasteiger partial charge in [-0.25, -0.2) is 0 Å². The number of aliphatic hydroxyl groups excluding tert-OH is 11. The Labute approximate surface area is 444 Å². The molecule has 8 fully saturated rings. The number of allylic oxidation sites excluding steroid dienone is 1. The number of cyclic esters (lactones) is 1. The van der Waals surface area contributed by atoms with E-state index in [9.17, 15) is 61.0 Å². The maximum atomic E-state index is 14.5. The molecule has 3 saturated carbocycles. The molecule has 0 amide bonds. The van der Waals surface area contributed by atoms with Gasteiger partial charge in [0.05, 0.1) is 38.1 Å². The molecule has 0 unspecified atom stereocenters. The summed E-state index contributed by atoms with van der Waals surface area (Å²) >= 11 is 0. The van der Waals surface area contributed by atoms with Crippen LogP contribution in [0.15, 0.2) is 11.6 Å². The fraction of sp³-hybridized carbons (Fsp3) is 0.944. The third-order valence-corrected chi connectivity index (χ3v) is 20.4. The van der Waals surface area contributed by atoms with Gasteiger partial charge in [0, 0.05) is 13.0 Å². The molecule has 436 valence electrons. The fourth-order valence-corrected chi connectivity index (χ4v) is 16.2. The van der Waals surface area contributed by atoms with Gasteiger partial charge in [-0.1, -0.05) is 59.6 Å². The van der Waals surface area contributed by atoms with Crippen LogP contribution < -0.4 is 0 Å². The van der Waals surface area contributed by atoms with E-state index in [1.165, 1.54) is 19.6 Å². The SMILES string of the molecule is CO[C@@H]1[C@@H](O)[C@H](O[C@@H]2[C@@H](O)[C@H](O[C@@H]3CO[C@@H](O[C@H]4CC[C@]5(C)C6=C[C@H](O)[C@@]78C(=O)O[C@@](C)(CCCC(C)C)[C@H]7CC[C@@]8(C)[C@@H]6CC[C@@H]5C4(C)C)[C@H](O[C@@H]4O[C@H](C)[C@@H](O)[C@H](O)[C@H]4O)[C@H]3O)O[C@H](CO)[C@H]2O)O[C@H](CO)[C@H]1O. The third-order valence-electron chi connectivity index (χ3n) is 20.4. The van der Waals surface area contributed by atoms with Gasteiger partial charge in [0.1, 0.15) is 96.5 Å². The standard InChI is InChI=1S/C54H88O22/c1-23(2)11-10-16-53(8)31-14-18-52(7)25-12-13-30-50(4,5)33(15-17-51(30,6)26(25)19-32(57)54(31,52)49(66)76-53)73-48-44(75-45-39(63)38(62)34(58)24(3)69-45)37(61)29(22-68-48)72-46-41(65)43(36(60)28(21-56)70-46)74-47-40(64)42(67-9)35(59)27(20-55)71-47/h19,23-25,27-48,55-65H,10-18,20-22H2,1-9H3/t24-,25-,27-,28-,29-,30-,31-,32+,33+,34-,35-,36-,37+,38+,39-,40-,41-,42+,43+,44-,45+,46+,47+,48+,51-,52+,53+,54-/m1/s1. The van der Waals surface area contributed by atoms with Crippen LogP contribution in [0.4, 0.5) is 0 Å². The number of fused-ring (bicyclic) bond motifs is 4. The Balaban J connectivity index is 0.943. The molecule has 1 spiro atoms. The number of rotatable bonds is 15. The summed E-state index contributed by atoms with van der Waals surface area (Å²) in [6.45, 7) is 14.8. The highest BCUT2D eigenvalue weighted by Crippen LogP contribution is 2.76. The Morgan fingerprint density at radius 3 is 1.92 bits per heavy atom. The van der Waals surface area contributed by atoms with Crippen molar-refractivity contribution in [2.45, 2.75) is 248 Å². The monoisotopic (exact) mass is 1090 g/mol. The van der Waals surface area contributed by atoms with Crippen molar-refractivity contribution < 1.29 is 108 Å². The van der Waals surface area contributed by atoms with E-state index in [0.717, 1.165) is 44.9 Å². The molecule has 5 aliphatic heterocycles. The van der Waals surface area contributed by atoms with E-state index in [2.05, 4.69) is 48.5 Å². The number of aliphatic hydroxyl groups is 11. The van der Waals surface area contributed by atoms with Crippen LogP contribution >= 0.6 is 0 Å². The molecule has 0 radical (unpaired) electrons. The molecule has 9 rings (SSSR count). The topological polar surface area (TPSA) is 332 Å². The quantitative estimate of drug-likeness (QED) is 0.0568. The van der Waals surface area contributed by atoms with Crippen molar-refractivity contribution in [3.8, 4) is 0 Å². The molecule has 5 heterocycles. The lowest BCUT2D eigenvalue weighted by molar-refractivity contribution is -0.388. The summed E-state index contributed by atoms with van der Waals surface area (Å²) in [5.41, 5.74) is -2.03. The lowest BCUT2D eigenvalue weighted by Crippen LogP contribution is -2.66. The summed E-state index contributed by atoms with van der Waals surface area (Å²) in [6.07, 6.45) is -22.1. The molecule has 0 aromatic rings. The Bertz CT molecular complexity index is 2060. The first-order chi connectivity index (χ1) is 35.7. The largest absolute Gasteiger partial charge is 0.459 e. The normalized spacial score (nSPS) is 53.1. The van der Waals surface area contributed by atoms with Crippen molar-refractivity contribution in [2.24, 2.45) is 45.3 Å². The highest BCUT2D eigenvalue weighted by Gasteiger charge is 2.79. The first-order valence-corrected chi connectivity index (χ1v) is 27.8. The predicted molar refractivity (Wildman–Crippen MR) is 262 cm³/mol. The molecule has 0 bridgehead atoms. The minimum absolute atomic E-state index is 0.0140. The summed E-state index contributed by atoms with van der Waals surface area (Å²) < 4.78 is 60.5. The summed E-state index contributed by atoms with van der Waals surface area (Å²) in [5.74, 6) is 0.196. The first-order valence-electron chi connectivity index (χ1n) is 27.8. The van der Waals surface area contributed by atoms with Gasteiger partial charge in [-0.3, -0.25) is 4.79 Å². The smallest absolute Gasteiger partial charge is 0.316 e. The minimum atomic E-state index is -1.90. The number of methoxy groups -OCH3 is 1. The molecular weight excluding hydrogens is 1000 g/mol. The summed E-state index contributed by atoms with van der Waals surface area (Å²) in [7, 11) is 1.21. The van der Waals surface area contributed by atoms with Gasteiger partial charge in [-0.2, -0.15) is 0 Å². The summed E-state index contributed by atoms with van der Waals surface area (Å²) in [5, 5.41) is 122. The molecule has 0 aromatic carbocycles. The zero-order valence-electron chi connectivity index (χ0n) is 45.4. The lowest BCUT2D eigenvalue weighted by atomic mass is 9.40. The molecule has 22 nitrogen and oxygen atoms in total. The second-order valence-corrected chi connectivity index (χ2v) is 25.4. The Kier molecular flexibility index (Phi) is 17.1. The van der Waals surface area contributed by atoms with Crippen LogP contribution in [-0.2, 0) is 52.2 Å². The zero-order chi connectivity index (χ0) is 55.4. The van der Waals surface area contributed by atoms with Gasteiger partial charge in [0.2, 0.25) is 0 Å². The van der Waals surface area contributed by atoms with E-state index in [-0.39, 0.29) is 23.7 Å². The van der Waals surface area contributed by atoms with Crippen molar-refractivity contribution in [1.29, 1.82) is 0 Å². The number of carbonyl (C=O) groups excluding carboxylic acids is 1. The van der Waals surface area contributed by atoms with Gasteiger partial charge in [-0.15, -0.1) is 0 Å². The van der Waals surface area contributed by atoms with Crippen LogP contribution in [-0.4, -0.2) is 224 Å². The van der Waals surface area contributed by atoms with Crippen LogP contribution in [0.5, 0.6) is 0 Å². The Morgan fingerprint density at radius 2 is 1.28 bits per heavy atom. The van der Waals surface area contributed by atoms with Crippen LogP contribution in [0.25, 0.3) is 0 Å². The molecule has 4 aliphatic carbocycles. The van der Waals surface area contributed by atoms with Crippen molar-refractivity contribution in [1.82, 2.24) is 0 Å². The van der Waals surface area contributed by atoms with E-state index in [1.807, 2.05) is 6.08 Å². The Hall–Kier alpha value is -1.59. The first kappa shape index (κ1) is 59.0. The van der Waals surface area contributed by atoms with E-state index in [4.69, 9.17) is 47.4 Å². The predicted octanol–water partition coefficient (Wildman–Crippen LogP) is -0.337. The van der Waals surface area contributed by atoms with Crippen molar-refractivity contribution in [3.05, 3.63) is 11.6 Å². The molecular formula is C54H88O22. The highest BCUT2D eigenvalue weighted by molar-refractivity contribution is 5.84. The van der Waals surface area contributed by atoms with Crippen LogP contribution in [0.1, 0.15) is 113 Å². The third kappa shape index (κ3) is 9.47. The second-order valence-electron chi connectivity index (χ2n) is 25.4. The average Bonchev–Trinajstić information content (AvgIpc) is 4.06. The number of hydrogen-bond acceptors (Lipinski definition) is 22. The minimum Gasteiger partial charge on any atom is -0.459 e. The number of hydrogen-bond donors (Lipinski definition) is 11. The van der Waals surface area contributed by atoms with Gasteiger partial charge < -0.3 is 104 Å². The fourth-order valence-electron chi connectivity index (χ4n) is 16.2. The van der Waals surface area contributed by atoms with Crippen LogP contribution in [0.2, 0.25) is 0 Å². The molecule has 0 aromatic heterocycles.